The number of nitrogens with zero attached hydrogens (tertiary/aromatic N) is 2. The smallest absolute Gasteiger partial charge is 0.252 e. The summed E-state index contributed by atoms with van der Waals surface area (Å²) in [6.07, 6.45) is 2.38. The van der Waals surface area contributed by atoms with Crippen LogP contribution in [0.1, 0.15) is 60.7 Å². The first-order valence-electron chi connectivity index (χ1n) is 18.8. The molecule has 2 N–H and O–H groups in total. The van der Waals surface area contributed by atoms with E-state index in [4.69, 9.17) is 28.9 Å². The second-order valence-electron chi connectivity index (χ2n) is 15.7. The van der Waals surface area contributed by atoms with Crippen molar-refractivity contribution in [2.75, 3.05) is 35.0 Å². The van der Waals surface area contributed by atoms with Crippen molar-refractivity contribution >= 4 is 33.6 Å². The highest BCUT2D eigenvalue weighted by Crippen LogP contribution is 2.46. The number of para-hydroxylation sites is 2. The Bertz CT molecular complexity index is 2450. The lowest BCUT2D eigenvalue weighted by molar-refractivity contribution is 0.0593. The van der Waals surface area contributed by atoms with Gasteiger partial charge in [-0.05, 0) is 90.8 Å². The molecule has 1 saturated carbocycles. The fourth-order valence-electron chi connectivity index (χ4n) is 8.54. The van der Waals surface area contributed by atoms with E-state index in [-0.39, 0.29) is 28.7 Å². The number of methoxy groups -OCH3 is 4. The van der Waals surface area contributed by atoms with E-state index in [1.54, 1.807) is 28.4 Å². The molecule has 7 rings (SSSR count). The molecule has 0 radical (unpaired) electrons. The van der Waals surface area contributed by atoms with E-state index in [0.29, 0.717) is 58.5 Å². The van der Waals surface area contributed by atoms with Gasteiger partial charge in [0.25, 0.3) is 11.8 Å². The molecule has 0 saturated heterocycles. The lowest BCUT2D eigenvalue weighted by atomic mass is 9.62. The van der Waals surface area contributed by atoms with Crippen LogP contribution in [-0.4, -0.2) is 62.8 Å². The molecule has 1 aliphatic rings. The number of benzene rings is 4. The van der Waals surface area contributed by atoms with Crippen LogP contribution in [0.15, 0.2) is 97.1 Å². The molecule has 6 aromatic rings. The summed E-state index contributed by atoms with van der Waals surface area (Å²) < 4.78 is 22.0. The zero-order valence-electron chi connectivity index (χ0n) is 33.0. The van der Waals surface area contributed by atoms with Crippen molar-refractivity contribution in [1.82, 2.24) is 20.6 Å². The first kappa shape index (κ1) is 38.1. The normalized spacial score (nSPS) is 17.6. The van der Waals surface area contributed by atoms with E-state index < -0.39 is 0 Å². The minimum Gasteiger partial charge on any atom is -0.493 e. The van der Waals surface area contributed by atoms with Gasteiger partial charge in [-0.25, -0.2) is 9.97 Å². The third-order valence-electron chi connectivity index (χ3n) is 10.7. The number of pyridine rings is 2. The highest BCUT2D eigenvalue weighted by Gasteiger charge is 2.42. The van der Waals surface area contributed by atoms with Crippen LogP contribution in [0.5, 0.6) is 23.0 Å². The Balaban J connectivity index is 1.13. The molecular formula is C46H48N4O6. The van der Waals surface area contributed by atoms with Crippen LogP contribution in [-0.2, 0) is 0 Å². The lowest BCUT2D eigenvalue weighted by Crippen LogP contribution is -2.50. The van der Waals surface area contributed by atoms with Crippen LogP contribution < -0.4 is 29.6 Å². The van der Waals surface area contributed by atoms with Gasteiger partial charge in [0, 0.05) is 34.5 Å². The van der Waals surface area contributed by atoms with Gasteiger partial charge in [-0.2, -0.15) is 0 Å². The van der Waals surface area contributed by atoms with Gasteiger partial charge in [0.2, 0.25) is 0 Å². The molecule has 288 valence electrons. The molecule has 2 heterocycles. The van der Waals surface area contributed by atoms with Crippen LogP contribution in [0.25, 0.3) is 44.3 Å². The summed E-state index contributed by atoms with van der Waals surface area (Å²) in [7, 11) is 6.38. The summed E-state index contributed by atoms with van der Waals surface area (Å²) in [5, 5.41) is 8.22. The predicted molar refractivity (Wildman–Crippen MR) is 220 cm³/mol. The largest absolute Gasteiger partial charge is 0.493 e. The zero-order chi connectivity index (χ0) is 39.6. The molecule has 0 aliphatic heterocycles. The molecule has 0 unspecified atom stereocenters. The second kappa shape index (κ2) is 15.5. The van der Waals surface area contributed by atoms with Gasteiger partial charge in [0.15, 0.2) is 23.0 Å². The van der Waals surface area contributed by atoms with Crippen LogP contribution in [0.4, 0.5) is 0 Å². The van der Waals surface area contributed by atoms with Gasteiger partial charge in [-0.1, -0.05) is 57.2 Å². The number of carbonyl (C=O) groups is 2. The topological polar surface area (TPSA) is 121 Å². The van der Waals surface area contributed by atoms with E-state index in [9.17, 15) is 9.59 Å². The minimum absolute atomic E-state index is 0.0925. The lowest BCUT2D eigenvalue weighted by Gasteiger charge is -2.47. The molecule has 0 bridgehead atoms. The third-order valence-corrected chi connectivity index (χ3v) is 10.7. The van der Waals surface area contributed by atoms with Gasteiger partial charge < -0.3 is 29.6 Å². The molecule has 1 aliphatic carbocycles. The van der Waals surface area contributed by atoms with Gasteiger partial charge in [-0.3, -0.25) is 9.59 Å². The average molecular weight is 753 g/mol. The summed E-state index contributed by atoms with van der Waals surface area (Å²) >= 11 is 0. The van der Waals surface area contributed by atoms with Crippen LogP contribution in [0.3, 0.4) is 0 Å². The predicted octanol–water partition coefficient (Wildman–Crippen LogP) is 8.90. The summed E-state index contributed by atoms with van der Waals surface area (Å²) in [6, 6.07) is 30.1. The highest BCUT2D eigenvalue weighted by atomic mass is 16.5. The SMILES string of the molecule is COc1ccc(-c2cc(C(=O)NC[C@@]3(C)C[C@@H](NC(=O)c4cc(-c5ccc(OC)c(OC)c5)nc5ccccc45)CC(C)(C)C3)c3ccccc3n2)cc1OC. The number of aromatic nitrogens is 2. The number of nitrogens with one attached hydrogen (secondary N) is 2. The maximum atomic E-state index is 14.3. The number of hydrogen-bond acceptors (Lipinski definition) is 8. The number of fused-ring (bicyclic) bond motifs is 2. The van der Waals surface area contributed by atoms with Crippen LogP contribution in [0.2, 0.25) is 0 Å². The van der Waals surface area contributed by atoms with Crippen molar-refractivity contribution in [2.45, 2.75) is 46.1 Å². The van der Waals surface area contributed by atoms with E-state index in [2.05, 4.69) is 31.4 Å². The maximum absolute atomic E-state index is 14.3. The maximum Gasteiger partial charge on any atom is 0.252 e. The van der Waals surface area contributed by atoms with Gasteiger partial charge in [0.05, 0.1) is 62.0 Å². The summed E-state index contributed by atoms with van der Waals surface area (Å²) in [4.78, 5) is 38.2. The Hall–Kier alpha value is -6.16. The first-order chi connectivity index (χ1) is 26.9. The molecule has 56 heavy (non-hydrogen) atoms. The average Bonchev–Trinajstić information content (AvgIpc) is 3.20. The number of amides is 2. The van der Waals surface area contributed by atoms with Crippen molar-refractivity contribution in [3.63, 3.8) is 0 Å². The molecular weight excluding hydrogens is 705 g/mol. The Morgan fingerprint density at radius 1 is 0.625 bits per heavy atom. The Morgan fingerprint density at radius 2 is 1.11 bits per heavy atom. The van der Waals surface area contributed by atoms with E-state index in [0.717, 1.165) is 45.8 Å². The third kappa shape index (κ3) is 7.82. The van der Waals surface area contributed by atoms with Gasteiger partial charge >= 0.3 is 0 Å². The van der Waals surface area contributed by atoms with Crippen LogP contribution >= 0.6 is 0 Å². The van der Waals surface area contributed by atoms with Crippen molar-refractivity contribution in [3.05, 3.63) is 108 Å². The number of hydrogen-bond donors (Lipinski definition) is 2. The minimum atomic E-state index is -0.296. The quantitative estimate of drug-likeness (QED) is 0.135. The Labute approximate surface area is 327 Å². The first-order valence-corrected chi connectivity index (χ1v) is 18.8. The molecule has 10 nitrogen and oxygen atoms in total. The molecule has 0 spiro atoms. The van der Waals surface area contributed by atoms with E-state index in [1.165, 1.54) is 0 Å². The number of ether oxygens (including phenoxy) is 4. The number of rotatable bonds is 11. The van der Waals surface area contributed by atoms with Crippen molar-refractivity contribution in [3.8, 4) is 45.5 Å². The Kier molecular flexibility index (Phi) is 10.6. The van der Waals surface area contributed by atoms with Gasteiger partial charge in [-0.15, -0.1) is 0 Å². The van der Waals surface area contributed by atoms with Crippen LogP contribution in [0, 0.1) is 10.8 Å². The second-order valence-corrected chi connectivity index (χ2v) is 15.7. The summed E-state index contributed by atoms with van der Waals surface area (Å²) in [5.74, 6) is 2.05. The Morgan fingerprint density at radius 3 is 1.61 bits per heavy atom. The highest BCUT2D eigenvalue weighted by molar-refractivity contribution is 6.08. The standard InChI is InChI=1S/C46H48N4O6/c1-45(2)24-30(48-44(52)34-23-38(50-36-15-11-9-13-32(34)36)29-17-19-40(54-5)42(21-29)56-7)25-46(3,26-45)27-47-43(51)33-22-37(49-35-14-10-8-12-31(33)35)28-16-18-39(53-4)41(20-28)55-6/h8-23,30H,24-27H2,1-7H3,(H,47,51)(H,48,52)/t30-,46-/m0/s1. The molecule has 2 amide bonds. The fourth-order valence-corrected chi connectivity index (χ4v) is 8.54. The van der Waals surface area contributed by atoms with Crippen molar-refractivity contribution in [1.29, 1.82) is 0 Å². The molecule has 4 aromatic carbocycles. The molecule has 1 fully saturated rings. The fraction of sp³-hybridized carbons (Fsp3) is 0.304. The molecule has 2 atom stereocenters. The van der Waals surface area contributed by atoms with E-state index in [1.807, 2.05) is 97.1 Å². The zero-order valence-corrected chi connectivity index (χ0v) is 33.0. The monoisotopic (exact) mass is 752 g/mol. The summed E-state index contributed by atoms with van der Waals surface area (Å²) in [5.41, 5.74) is 5.06. The van der Waals surface area contributed by atoms with E-state index >= 15 is 0 Å². The number of carbonyl (C=O) groups excluding carboxylic acids is 2. The molecule has 2 aromatic heterocycles. The summed E-state index contributed by atoms with van der Waals surface area (Å²) in [6.45, 7) is 7.10. The van der Waals surface area contributed by atoms with Crippen molar-refractivity contribution in [2.24, 2.45) is 10.8 Å². The molecule has 10 heteroatoms. The van der Waals surface area contributed by atoms with Crippen molar-refractivity contribution < 1.29 is 28.5 Å². The van der Waals surface area contributed by atoms with Gasteiger partial charge in [0.1, 0.15) is 0 Å².